The minimum Gasteiger partial charge on any atom is -0.495 e. The topological polar surface area (TPSA) is 67.9 Å². The summed E-state index contributed by atoms with van der Waals surface area (Å²) >= 11 is 6.04. The van der Waals surface area contributed by atoms with Gasteiger partial charge in [0, 0.05) is 5.02 Å². The molecule has 0 saturated carbocycles. The van der Waals surface area contributed by atoms with Crippen molar-refractivity contribution in [1.29, 1.82) is 0 Å². The number of ether oxygens (including phenoxy) is 2. The molecule has 1 aliphatic heterocycles. The van der Waals surface area contributed by atoms with E-state index in [0.29, 0.717) is 27.9 Å². The van der Waals surface area contributed by atoms with Gasteiger partial charge in [0.2, 0.25) is 5.91 Å². The van der Waals surface area contributed by atoms with Crippen LogP contribution in [0.2, 0.25) is 5.02 Å². The standard InChI is InChI=1S/C19H19ClN2O4/c1-11-4-6-16(25-3)14(8-11)21-18(23)10-22-15-9-13(20)5-7-17(15)26-12(2)19(22)24/h4-9,12H,10H2,1-3H3,(H,21,23). The predicted octanol–water partition coefficient (Wildman–Crippen LogP) is 3.41. The molecule has 1 aliphatic rings. The Morgan fingerprint density at radius 3 is 2.81 bits per heavy atom. The van der Waals surface area contributed by atoms with E-state index in [9.17, 15) is 9.59 Å². The van der Waals surface area contributed by atoms with E-state index >= 15 is 0 Å². The zero-order valence-electron chi connectivity index (χ0n) is 14.7. The maximum Gasteiger partial charge on any atom is 0.268 e. The van der Waals surface area contributed by atoms with E-state index in [0.717, 1.165) is 5.56 Å². The highest BCUT2D eigenvalue weighted by molar-refractivity contribution is 6.31. The van der Waals surface area contributed by atoms with Crippen LogP contribution in [-0.2, 0) is 9.59 Å². The third-order valence-corrected chi connectivity index (χ3v) is 4.30. The van der Waals surface area contributed by atoms with Crippen LogP contribution in [0, 0.1) is 6.92 Å². The van der Waals surface area contributed by atoms with Crippen LogP contribution in [0.5, 0.6) is 11.5 Å². The molecule has 1 N–H and O–H groups in total. The van der Waals surface area contributed by atoms with Gasteiger partial charge in [0.15, 0.2) is 6.10 Å². The highest BCUT2D eigenvalue weighted by Crippen LogP contribution is 2.36. The number of halogens is 1. The summed E-state index contributed by atoms with van der Waals surface area (Å²) in [5.41, 5.74) is 2.01. The van der Waals surface area contributed by atoms with Gasteiger partial charge in [-0.3, -0.25) is 14.5 Å². The fourth-order valence-corrected chi connectivity index (χ4v) is 2.96. The number of hydrogen-bond acceptors (Lipinski definition) is 4. The van der Waals surface area contributed by atoms with E-state index in [4.69, 9.17) is 21.1 Å². The van der Waals surface area contributed by atoms with Gasteiger partial charge in [0.1, 0.15) is 18.0 Å². The summed E-state index contributed by atoms with van der Waals surface area (Å²) in [6, 6.07) is 10.5. The molecule has 1 atom stereocenters. The van der Waals surface area contributed by atoms with Crippen molar-refractivity contribution in [2.24, 2.45) is 0 Å². The summed E-state index contributed by atoms with van der Waals surface area (Å²) in [6.07, 6.45) is -0.676. The van der Waals surface area contributed by atoms with E-state index < -0.39 is 6.10 Å². The van der Waals surface area contributed by atoms with Crippen LogP contribution < -0.4 is 19.7 Å². The zero-order chi connectivity index (χ0) is 18.8. The normalized spacial score (nSPS) is 15.9. The summed E-state index contributed by atoms with van der Waals surface area (Å²) in [7, 11) is 1.53. The van der Waals surface area contributed by atoms with Gasteiger partial charge >= 0.3 is 0 Å². The molecular formula is C19H19ClN2O4. The predicted molar refractivity (Wildman–Crippen MR) is 100 cm³/mol. The fourth-order valence-electron chi connectivity index (χ4n) is 2.80. The Morgan fingerprint density at radius 1 is 1.31 bits per heavy atom. The van der Waals surface area contributed by atoms with Crippen LogP contribution in [-0.4, -0.2) is 31.6 Å². The van der Waals surface area contributed by atoms with Gasteiger partial charge < -0.3 is 14.8 Å². The van der Waals surface area contributed by atoms with E-state index in [2.05, 4.69) is 5.32 Å². The van der Waals surface area contributed by atoms with Gasteiger partial charge in [-0.25, -0.2) is 0 Å². The van der Waals surface area contributed by atoms with Crippen molar-refractivity contribution < 1.29 is 19.1 Å². The lowest BCUT2D eigenvalue weighted by atomic mass is 10.1. The van der Waals surface area contributed by atoms with Gasteiger partial charge in [0.25, 0.3) is 5.91 Å². The molecule has 0 aliphatic carbocycles. The third kappa shape index (κ3) is 3.60. The molecule has 136 valence electrons. The number of fused-ring (bicyclic) bond motifs is 1. The van der Waals surface area contributed by atoms with Crippen LogP contribution in [0.4, 0.5) is 11.4 Å². The Balaban J connectivity index is 1.84. The van der Waals surface area contributed by atoms with Crippen molar-refractivity contribution in [3.63, 3.8) is 0 Å². The average molecular weight is 375 g/mol. The SMILES string of the molecule is COc1ccc(C)cc1NC(=O)CN1C(=O)C(C)Oc2ccc(Cl)cc21. The molecule has 0 saturated heterocycles. The minimum atomic E-state index is -0.676. The number of carbonyl (C=O) groups excluding carboxylic acids is 2. The van der Waals surface area contributed by atoms with E-state index in [1.165, 1.54) is 12.0 Å². The Hall–Kier alpha value is -2.73. The number of aryl methyl sites for hydroxylation is 1. The highest BCUT2D eigenvalue weighted by atomic mass is 35.5. The molecule has 2 amide bonds. The number of methoxy groups -OCH3 is 1. The lowest BCUT2D eigenvalue weighted by Crippen LogP contribution is -2.47. The molecule has 1 heterocycles. The van der Waals surface area contributed by atoms with Crippen molar-refractivity contribution in [3.8, 4) is 11.5 Å². The largest absolute Gasteiger partial charge is 0.495 e. The Kier molecular flexibility index (Phi) is 5.04. The smallest absolute Gasteiger partial charge is 0.268 e. The quantitative estimate of drug-likeness (QED) is 0.890. The van der Waals surface area contributed by atoms with Crippen LogP contribution in [0.25, 0.3) is 0 Å². The van der Waals surface area contributed by atoms with E-state index in [1.807, 2.05) is 19.1 Å². The number of nitrogens with one attached hydrogen (secondary N) is 1. The number of rotatable bonds is 4. The lowest BCUT2D eigenvalue weighted by Gasteiger charge is -2.32. The second kappa shape index (κ2) is 7.25. The molecule has 0 spiro atoms. The van der Waals surface area contributed by atoms with Crippen LogP contribution in [0.1, 0.15) is 12.5 Å². The molecule has 3 rings (SSSR count). The van der Waals surface area contributed by atoms with Gasteiger partial charge in [-0.15, -0.1) is 0 Å². The van der Waals surface area contributed by atoms with E-state index in [1.54, 1.807) is 31.2 Å². The number of benzene rings is 2. The molecule has 1 unspecified atom stereocenters. The first-order chi connectivity index (χ1) is 12.4. The van der Waals surface area contributed by atoms with Gasteiger partial charge in [-0.05, 0) is 49.7 Å². The number of anilines is 2. The van der Waals surface area contributed by atoms with E-state index in [-0.39, 0.29) is 18.4 Å². The molecule has 2 aromatic carbocycles. The Labute approximate surface area is 156 Å². The maximum atomic E-state index is 12.6. The summed E-state index contributed by atoms with van der Waals surface area (Å²) in [5.74, 6) is 0.421. The summed E-state index contributed by atoms with van der Waals surface area (Å²) < 4.78 is 10.8. The molecule has 0 aromatic heterocycles. The average Bonchev–Trinajstić information content (AvgIpc) is 2.60. The summed E-state index contributed by atoms with van der Waals surface area (Å²) in [6.45, 7) is 3.41. The minimum absolute atomic E-state index is 0.156. The maximum absolute atomic E-state index is 12.6. The van der Waals surface area contributed by atoms with Gasteiger partial charge in [-0.2, -0.15) is 0 Å². The molecule has 6 nitrogen and oxygen atoms in total. The Morgan fingerprint density at radius 2 is 2.08 bits per heavy atom. The number of carbonyl (C=O) groups is 2. The first-order valence-electron chi connectivity index (χ1n) is 8.11. The number of hydrogen-bond donors (Lipinski definition) is 1. The molecule has 26 heavy (non-hydrogen) atoms. The fraction of sp³-hybridized carbons (Fsp3) is 0.263. The molecule has 0 fully saturated rings. The second-order valence-corrected chi connectivity index (χ2v) is 6.48. The first-order valence-corrected chi connectivity index (χ1v) is 8.49. The molecule has 0 radical (unpaired) electrons. The van der Waals surface area contributed by atoms with Crippen molar-refractivity contribution in [2.75, 3.05) is 23.9 Å². The monoisotopic (exact) mass is 374 g/mol. The first kappa shape index (κ1) is 18.1. The molecule has 2 aromatic rings. The molecular weight excluding hydrogens is 356 g/mol. The van der Waals surface area contributed by atoms with Crippen molar-refractivity contribution in [2.45, 2.75) is 20.0 Å². The summed E-state index contributed by atoms with van der Waals surface area (Å²) in [5, 5.41) is 3.26. The van der Waals surface area contributed by atoms with Gasteiger partial charge in [-0.1, -0.05) is 17.7 Å². The molecule has 7 heteroatoms. The Bertz CT molecular complexity index is 869. The van der Waals surface area contributed by atoms with Crippen molar-refractivity contribution >= 4 is 34.8 Å². The van der Waals surface area contributed by atoms with Crippen molar-refractivity contribution in [1.82, 2.24) is 0 Å². The lowest BCUT2D eigenvalue weighted by molar-refractivity contribution is -0.127. The summed E-state index contributed by atoms with van der Waals surface area (Å²) in [4.78, 5) is 26.5. The van der Waals surface area contributed by atoms with Gasteiger partial charge in [0.05, 0.1) is 18.5 Å². The van der Waals surface area contributed by atoms with Crippen LogP contribution in [0.15, 0.2) is 36.4 Å². The number of amides is 2. The van der Waals surface area contributed by atoms with Crippen LogP contribution >= 0.6 is 11.6 Å². The second-order valence-electron chi connectivity index (χ2n) is 6.05. The zero-order valence-corrected chi connectivity index (χ0v) is 15.5. The van der Waals surface area contributed by atoms with Crippen LogP contribution in [0.3, 0.4) is 0 Å². The van der Waals surface area contributed by atoms with Crippen molar-refractivity contribution in [3.05, 3.63) is 47.0 Å². The third-order valence-electron chi connectivity index (χ3n) is 4.06. The molecule has 0 bridgehead atoms. The number of nitrogens with zero attached hydrogens (tertiary/aromatic N) is 1. The highest BCUT2D eigenvalue weighted by Gasteiger charge is 2.33.